The summed E-state index contributed by atoms with van der Waals surface area (Å²) in [5.41, 5.74) is -0.110. The molecule has 1 heterocycles. The molecule has 25 heavy (non-hydrogen) atoms. The predicted octanol–water partition coefficient (Wildman–Crippen LogP) is 2.87. The molecule has 130 valence electrons. The number of benzene rings is 2. The van der Waals surface area contributed by atoms with Crippen molar-refractivity contribution in [2.45, 2.75) is 19.3 Å². The molecule has 2 aromatic carbocycles. The molecule has 1 unspecified atom stereocenters. The minimum absolute atomic E-state index is 0.0354. The van der Waals surface area contributed by atoms with Gasteiger partial charge in [-0.25, -0.2) is 9.37 Å². The first-order valence-electron chi connectivity index (χ1n) is 7.32. The Kier molecular flexibility index (Phi) is 4.71. The SMILES string of the molecule is O=c1c2cccc(F)c2ncn1CC(O)c1ccc(OC(F)F)cc1. The van der Waals surface area contributed by atoms with Crippen LogP contribution in [0.3, 0.4) is 0 Å². The number of ether oxygens (including phenoxy) is 1. The van der Waals surface area contributed by atoms with E-state index in [1.807, 2.05) is 0 Å². The van der Waals surface area contributed by atoms with E-state index in [2.05, 4.69) is 9.72 Å². The van der Waals surface area contributed by atoms with Gasteiger partial charge in [0.1, 0.15) is 17.1 Å². The van der Waals surface area contributed by atoms with Crippen LogP contribution in [0.2, 0.25) is 0 Å². The average molecular weight is 350 g/mol. The van der Waals surface area contributed by atoms with Crippen LogP contribution < -0.4 is 10.3 Å². The van der Waals surface area contributed by atoms with Crippen molar-refractivity contribution >= 4 is 10.9 Å². The maximum atomic E-state index is 13.6. The Hall–Kier alpha value is -2.87. The summed E-state index contributed by atoms with van der Waals surface area (Å²) in [6.45, 7) is -3.05. The first-order valence-corrected chi connectivity index (χ1v) is 7.32. The fourth-order valence-electron chi connectivity index (χ4n) is 2.45. The van der Waals surface area contributed by atoms with Gasteiger partial charge in [-0.05, 0) is 29.8 Å². The second-order valence-electron chi connectivity index (χ2n) is 5.30. The lowest BCUT2D eigenvalue weighted by Crippen LogP contribution is -2.24. The van der Waals surface area contributed by atoms with Crippen molar-refractivity contribution < 1.29 is 23.0 Å². The number of hydrogen-bond acceptors (Lipinski definition) is 4. The number of alkyl halides is 2. The fraction of sp³-hybridized carbons (Fsp3) is 0.176. The van der Waals surface area contributed by atoms with Gasteiger partial charge in [-0.3, -0.25) is 9.36 Å². The van der Waals surface area contributed by atoms with Gasteiger partial charge in [0.2, 0.25) is 0 Å². The van der Waals surface area contributed by atoms with Gasteiger partial charge in [0, 0.05) is 0 Å². The smallest absolute Gasteiger partial charge is 0.387 e. The van der Waals surface area contributed by atoms with Crippen LogP contribution in [0.5, 0.6) is 5.75 Å². The molecule has 0 aliphatic heterocycles. The molecule has 0 amide bonds. The summed E-state index contributed by atoms with van der Waals surface area (Å²) >= 11 is 0. The van der Waals surface area contributed by atoms with Crippen LogP contribution in [0.1, 0.15) is 11.7 Å². The molecule has 1 atom stereocenters. The monoisotopic (exact) mass is 350 g/mol. The molecule has 8 heteroatoms. The number of hydrogen-bond donors (Lipinski definition) is 1. The summed E-state index contributed by atoms with van der Waals surface area (Å²) < 4.78 is 43.3. The molecule has 0 saturated carbocycles. The lowest BCUT2D eigenvalue weighted by Gasteiger charge is -2.14. The van der Waals surface area contributed by atoms with Gasteiger partial charge >= 0.3 is 6.61 Å². The third-order valence-electron chi connectivity index (χ3n) is 3.66. The van der Waals surface area contributed by atoms with Gasteiger partial charge in [0.15, 0.2) is 0 Å². The number of halogens is 3. The first-order chi connectivity index (χ1) is 12.0. The summed E-state index contributed by atoms with van der Waals surface area (Å²) in [7, 11) is 0. The molecule has 0 spiro atoms. The highest BCUT2D eigenvalue weighted by Gasteiger charge is 2.13. The Morgan fingerprint density at radius 1 is 1.16 bits per heavy atom. The van der Waals surface area contributed by atoms with E-state index in [-0.39, 0.29) is 23.2 Å². The molecule has 0 aliphatic rings. The zero-order valence-corrected chi connectivity index (χ0v) is 12.8. The highest BCUT2D eigenvalue weighted by molar-refractivity contribution is 5.77. The highest BCUT2D eigenvalue weighted by atomic mass is 19.3. The van der Waals surface area contributed by atoms with Gasteiger partial charge in [-0.15, -0.1) is 0 Å². The fourth-order valence-corrected chi connectivity index (χ4v) is 2.45. The quantitative estimate of drug-likeness (QED) is 0.769. The number of rotatable bonds is 5. The van der Waals surface area contributed by atoms with Crippen LogP contribution >= 0.6 is 0 Å². The van der Waals surface area contributed by atoms with E-state index in [4.69, 9.17) is 0 Å². The summed E-state index contributed by atoms with van der Waals surface area (Å²) in [6, 6.07) is 9.49. The molecule has 0 fully saturated rings. The minimum Gasteiger partial charge on any atom is -0.435 e. The Morgan fingerprint density at radius 3 is 2.56 bits per heavy atom. The van der Waals surface area contributed by atoms with Gasteiger partial charge in [-0.1, -0.05) is 18.2 Å². The van der Waals surface area contributed by atoms with Gasteiger partial charge in [0.25, 0.3) is 5.56 Å². The Balaban J connectivity index is 1.83. The summed E-state index contributed by atoms with van der Waals surface area (Å²) in [6.07, 6.45) is 0.0803. The van der Waals surface area contributed by atoms with Crippen molar-refractivity contribution in [3.05, 3.63) is 70.5 Å². The molecule has 1 N–H and O–H groups in total. The molecular formula is C17H13F3N2O3. The van der Waals surface area contributed by atoms with Crippen LogP contribution in [-0.2, 0) is 6.54 Å². The second-order valence-corrected chi connectivity index (χ2v) is 5.30. The van der Waals surface area contributed by atoms with Crippen LogP contribution in [-0.4, -0.2) is 21.3 Å². The van der Waals surface area contributed by atoms with Crippen LogP contribution in [0.4, 0.5) is 13.2 Å². The normalized spacial score (nSPS) is 12.5. The van der Waals surface area contributed by atoms with E-state index in [9.17, 15) is 23.1 Å². The molecule has 0 aliphatic carbocycles. The summed E-state index contributed by atoms with van der Waals surface area (Å²) in [4.78, 5) is 16.3. The lowest BCUT2D eigenvalue weighted by molar-refractivity contribution is -0.0498. The molecule has 1 aromatic heterocycles. The average Bonchev–Trinajstić information content (AvgIpc) is 2.58. The first kappa shape index (κ1) is 17.0. The van der Waals surface area contributed by atoms with Gasteiger partial charge < -0.3 is 9.84 Å². The zero-order valence-electron chi connectivity index (χ0n) is 12.8. The van der Waals surface area contributed by atoms with E-state index in [0.717, 1.165) is 10.9 Å². The van der Waals surface area contributed by atoms with Gasteiger partial charge in [0.05, 0.1) is 24.4 Å². The van der Waals surface area contributed by atoms with Crippen LogP contribution in [0, 0.1) is 5.82 Å². The Morgan fingerprint density at radius 2 is 1.88 bits per heavy atom. The van der Waals surface area contributed by atoms with E-state index < -0.39 is 24.1 Å². The van der Waals surface area contributed by atoms with Crippen molar-refractivity contribution in [1.82, 2.24) is 9.55 Å². The molecule has 0 radical (unpaired) electrons. The molecule has 3 rings (SSSR count). The number of aliphatic hydroxyl groups excluding tert-OH is 1. The lowest BCUT2D eigenvalue weighted by atomic mass is 10.1. The van der Waals surface area contributed by atoms with E-state index in [1.54, 1.807) is 0 Å². The number of fused-ring (bicyclic) bond motifs is 1. The number of para-hydroxylation sites is 1. The van der Waals surface area contributed by atoms with E-state index in [0.29, 0.717) is 5.56 Å². The molecule has 3 aromatic rings. The molecule has 5 nitrogen and oxygen atoms in total. The summed E-state index contributed by atoms with van der Waals surface area (Å²) in [5.74, 6) is -0.636. The van der Waals surface area contributed by atoms with Crippen LogP contribution in [0.15, 0.2) is 53.6 Å². The third-order valence-corrected chi connectivity index (χ3v) is 3.66. The minimum atomic E-state index is -2.93. The highest BCUT2D eigenvalue weighted by Crippen LogP contribution is 2.20. The third kappa shape index (κ3) is 3.63. The van der Waals surface area contributed by atoms with Crippen molar-refractivity contribution in [3.63, 3.8) is 0 Å². The Bertz CT molecular complexity index is 942. The van der Waals surface area contributed by atoms with Crippen molar-refractivity contribution in [2.24, 2.45) is 0 Å². The number of nitrogens with zero attached hydrogens (tertiary/aromatic N) is 2. The van der Waals surface area contributed by atoms with E-state index >= 15 is 0 Å². The largest absolute Gasteiger partial charge is 0.435 e. The van der Waals surface area contributed by atoms with E-state index in [1.165, 1.54) is 42.5 Å². The maximum Gasteiger partial charge on any atom is 0.387 e. The van der Waals surface area contributed by atoms with Crippen molar-refractivity contribution in [2.75, 3.05) is 0 Å². The summed E-state index contributed by atoms with van der Waals surface area (Å²) in [5, 5.41) is 10.4. The number of aromatic nitrogens is 2. The van der Waals surface area contributed by atoms with Crippen LogP contribution in [0.25, 0.3) is 10.9 Å². The zero-order chi connectivity index (χ0) is 18.0. The maximum absolute atomic E-state index is 13.6. The van der Waals surface area contributed by atoms with Crippen molar-refractivity contribution in [3.8, 4) is 5.75 Å². The molecular weight excluding hydrogens is 337 g/mol. The standard InChI is InChI=1S/C17H13F3N2O3/c18-13-3-1-2-12-15(13)21-9-22(16(12)24)8-14(23)10-4-6-11(7-5-10)25-17(19)20/h1-7,9,14,17,23H,8H2. The molecule has 0 bridgehead atoms. The van der Waals surface area contributed by atoms with Gasteiger partial charge in [-0.2, -0.15) is 8.78 Å². The van der Waals surface area contributed by atoms with Crippen molar-refractivity contribution in [1.29, 1.82) is 0 Å². The molecule has 0 saturated heterocycles. The predicted molar refractivity (Wildman–Crippen MR) is 84.0 cm³/mol. The topological polar surface area (TPSA) is 64.4 Å². The second kappa shape index (κ2) is 6.94. The number of aliphatic hydroxyl groups is 1. The Labute approximate surface area is 139 Å².